The summed E-state index contributed by atoms with van der Waals surface area (Å²) in [6.45, 7) is 6.00. The number of ether oxygens (including phenoxy) is 2. The van der Waals surface area contributed by atoms with E-state index in [1.165, 1.54) is 5.57 Å². The second-order valence-electron chi connectivity index (χ2n) is 5.23. The Kier molecular flexibility index (Phi) is 4.37. The van der Waals surface area contributed by atoms with Crippen LogP contribution in [0, 0.1) is 0 Å². The second kappa shape index (κ2) is 5.82. The molecule has 1 saturated heterocycles. The molecule has 0 bridgehead atoms. The van der Waals surface area contributed by atoms with Crippen molar-refractivity contribution >= 4 is 5.91 Å². The van der Waals surface area contributed by atoms with Gasteiger partial charge in [0.15, 0.2) is 0 Å². The molecule has 0 atom stereocenters. The molecule has 2 heterocycles. The number of nitrogens with one attached hydrogen (secondary N) is 1. The predicted octanol–water partition coefficient (Wildman–Crippen LogP) is 0.170. The SMILES string of the molecule is COCC1=CCN(C(=O)COC2(C)CNC2)CC1. The lowest BCUT2D eigenvalue weighted by Gasteiger charge is -2.39. The highest BCUT2D eigenvalue weighted by atomic mass is 16.5. The maximum absolute atomic E-state index is 12.0. The van der Waals surface area contributed by atoms with Gasteiger partial charge in [-0.15, -0.1) is 0 Å². The molecule has 0 spiro atoms. The number of rotatable bonds is 5. The summed E-state index contributed by atoms with van der Waals surface area (Å²) in [6.07, 6.45) is 2.98. The zero-order chi connectivity index (χ0) is 13.0. The fraction of sp³-hybridized carbons (Fsp3) is 0.769. The van der Waals surface area contributed by atoms with Gasteiger partial charge >= 0.3 is 0 Å². The molecule has 0 unspecified atom stereocenters. The molecule has 1 fully saturated rings. The van der Waals surface area contributed by atoms with Crippen molar-refractivity contribution in [3.05, 3.63) is 11.6 Å². The number of amides is 1. The van der Waals surface area contributed by atoms with Crippen molar-refractivity contribution in [1.82, 2.24) is 10.2 Å². The minimum atomic E-state index is -0.150. The van der Waals surface area contributed by atoms with Crippen LogP contribution in [0.25, 0.3) is 0 Å². The summed E-state index contributed by atoms with van der Waals surface area (Å²) in [5.74, 6) is 0.0795. The number of hydrogen-bond acceptors (Lipinski definition) is 4. The van der Waals surface area contributed by atoms with Gasteiger partial charge in [0.25, 0.3) is 0 Å². The van der Waals surface area contributed by atoms with Crippen molar-refractivity contribution < 1.29 is 14.3 Å². The van der Waals surface area contributed by atoms with Crippen molar-refractivity contribution in [2.75, 3.05) is 46.5 Å². The molecule has 0 radical (unpaired) electrons. The number of carbonyl (C=O) groups excluding carboxylic acids is 1. The van der Waals surface area contributed by atoms with E-state index in [1.54, 1.807) is 7.11 Å². The van der Waals surface area contributed by atoms with E-state index in [1.807, 2.05) is 11.8 Å². The minimum Gasteiger partial charge on any atom is -0.380 e. The first-order valence-electron chi connectivity index (χ1n) is 6.42. The molecule has 18 heavy (non-hydrogen) atoms. The molecule has 0 saturated carbocycles. The highest BCUT2D eigenvalue weighted by molar-refractivity contribution is 5.77. The second-order valence-corrected chi connectivity index (χ2v) is 5.23. The van der Waals surface area contributed by atoms with Gasteiger partial charge < -0.3 is 19.7 Å². The van der Waals surface area contributed by atoms with Gasteiger partial charge in [-0.25, -0.2) is 0 Å². The summed E-state index contributed by atoms with van der Waals surface area (Å²) < 4.78 is 10.7. The lowest BCUT2D eigenvalue weighted by atomic mass is 10.0. The van der Waals surface area contributed by atoms with Crippen LogP contribution in [0.5, 0.6) is 0 Å². The first-order chi connectivity index (χ1) is 8.63. The van der Waals surface area contributed by atoms with Crippen molar-refractivity contribution in [1.29, 1.82) is 0 Å². The van der Waals surface area contributed by atoms with Crippen molar-refractivity contribution in [2.24, 2.45) is 0 Å². The summed E-state index contributed by atoms with van der Waals surface area (Å²) in [4.78, 5) is 13.8. The number of nitrogens with zero attached hydrogens (tertiary/aromatic N) is 1. The highest BCUT2D eigenvalue weighted by Crippen LogP contribution is 2.16. The van der Waals surface area contributed by atoms with Gasteiger partial charge in [-0.1, -0.05) is 6.08 Å². The van der Waals surface area contributed by atoms with Gasteiger partial charge in [0, 0.05) is 33.3 Å². The summed E-state index contributed by atoms with van der Waals surface area (Å²) in [5, 5.41) is 3.15. The van der Waals surface area contributed by atoms with Crippen LogP contribution in [-0.2, 0) is 14.3 Å². The first-order valence-corrected chi connectivity index (χ1v) is 6.42. The third kappa shape index (κ3) is 3.31. The molecule has 2 rings (SSSR count). The zero-order valence-corrected chi connectivity index (χ0v) is 11.2. The predicted molar refractivity (Wildman–Crippen MR) is 68.4 cm³/mol. The highest BCUT2D eigenvalue weighted by Gasteiger charge is 2.33. The molecule has 0 aliphatic carbocycles. The molecule has 0 aromatic carbocycles. The Morgan fingerprint density at radius 3 is 2.83 bits per heavy atom. The monoisotopic (exact) mass is 254 g/mol. The maximum atomic E-state index is 12.0. The Hall–Kier alpha value is -0.910. The average molecular weight is 254 g/mol. The summed E-state index contributed by atoms with van der Waals surface area (Å²) in [5.41, 5.74) is 1.13. The first kappa shape index (κ1) is 13.5. The van der Waals surface area contributed by atoms with Crippen molar-refractivity contribution in [3.8, 4) is 0 Å². The van der Waals surface area contributed by atoms with Crippen LogP contribution < -0.4 is 5.32 Å². The Balaban J connectivity index is 1.73. The molecular weight excluding hydrogens is 232 g/mol. The van der Waals surface area contributed by atoms with E-state index >= 15 is 0 Å². The quantitative estimate of drug-likeness (QED) is 0.711. The van der Waals surface area contributed by atoms with E-state index in [0.717, 1.165) is 26.1 Å². The van der Waals surface area contributed by atoms with Crippen LogP contribution in [-0.4, -0.2) is 62.9 Å². The Morgan fingerprint density at radius 2 is 2.33 bits per heavy atom. The average Bonchev–Trinajstić information content (AvgIpc) is 2.35. The van der Waals surface area contributed by atoms with Crippen LogP contribution in [0.4, 0.5) is 0 Å². The van der Waals surface area contributed by atoms with Crippen LogP contribution in [0.2, 0.25) is 0 Å². The van der Waals surface area contributed by atoms with Gasteiger partial charge in [0.2, 0.25) is 5.91 Å². The lowest BCUT2D eigenvalue weighted by molar-refractivity contribution is -0.145. The zero-order valence-electron chi connectivity index (χ0n) is 11.2. The molecule has 2 aliphatic rings. The Bertz CT molecular complexity index is 337. The fourth-order valence-corrected chi connectivity index (χ4v) is 2.16. The topological polar surface area (TPSA) is 50.8 Å². The summed E-state index contributed by atoms with van der Waals surface area (Å²) in [6, 6.07) is 0. The third-order valence-electron chi connectivity index (χ3n) is 3.53. The smallest absolute Gasteiger partial charge is 0.248 e. The molecule has 0 aromatic rings. The Morgan fingerprint density at radius 1 is 1.56 bits per heavy atom. The minimum absolute atomic E-state index is 0.0795. The molecule has 5 heteroatoms. The molecular formula is C13H22N2O3. The lowest BCUT2D eigenvalue weighted by Crippen LogP contribution is -2.59. The standard InChI is InChI=1S/C13H22N2O3/c1-13(9-14-10-13)18-8-12(16)15-5-3-11(4-6-15)7-17-2/h3,14H,4-10H2,1-2H3. The normalized spacial score (nSPS) is 22.3. The van der Waals surface area contributed by atoms with E-state index < -0.39 is 0 Å². The number of hydrogen-bond donors (Lipinski definition) is 1. The Labute approximate surface area is 108 Å². The molecule has 2 aliphatic heterocycles. The molecule has 102 valence electrons. The molecule has 1 N–H and O–H groups in total. The van der Waals surface area contributed by atoms with Crippen LogP contribution in [0.1, 0.15) is 13.3 Å². The van der Waals surface area contributed by atoms with E-state index in [0.29, 0.717) is 13.2 Å². The van der Waals surface area contributed by atoms with Gasteiger partial charge in [-0.05, 0) is 18.9 Å². The van der Waals surface area contributed by atoms with E-state index in [2.05, 4.69) is 11.4 Å². The van der Waals surface area contributed by atoms with Crippen LogP contribution in [0.15, 0.2) is 11.6 Å². The third-order valence-corrected chi connectivity index (χ3v) is 3.53. The fourth-order valence-electron chi connectivity index (χ4n) is 2.16. The molecule has 1 amide bonds. The van der Waals surface area contributed by atoms with E-state index in [9.17, 15) is 4.79 Å². The summed E-state index contributed by atoms with van der Waals surface area (Å²) >= 11 is 0. The van der Waals surface area contributed by atoms with Gasteiger partial charge in [-0.3, -0.25) is 4.79 Å². The number of carbonyl (C=O) groups is 1. The van der Waals surface area contributed by atoms with Gasteiger partial charge in [-0.2, -0.15) is 0 Å². The van der Waals surface area contributed by atoms with Gasteiger partial charge in [0.05, 0.1) is 12.2 Å². The summed E-state index contributed by atoms with van der Waals surface area (Å²) in [7, 11) is 1.69. The van der Waals surface area contributed by atoms with E-state index in [4.69, 9.17) is 9.47 Å². The van der Waals surface area contributed by atoms with Crippen LogP contribution in [0.3, 0.4) is 0 Å². The van der Waals surface area contributed by atoms with Gasteiger partial charge in [0.1, 0.15) is 6.61 Å². The maximum Gasteiger partial charge on any atom is 0.248 e. The molecule has 0 aromatic heterocycles. The van der Waals surface area contributed by atoms with Crippen LogP contribution >= 0.6 is 0 Å². The molecule has 5 nitrogen and oxygen atoms in total. The van der Waals surface area contributed by atoms with Crippen molar-refractivity contribution in [2.45, 2.75) is 18.9 Å². The van der Waals surface area contributed by atoms with Crippen molar-refractivity contribution in [3.63, 3.8) is 0 Å². The number of methoxy groups -OCH3 is 1. The van der Waals surface area contributed by atoms with E-state index in [-0.39, 0.29) is 18.1 Å². The largest absolute Gasteiger partial charge is 0.380 e.